The largest absolute Gasteiger partial charge is 0.483 e. The first-order valence-electron chi connectivity index (χ1n) is 10.9. The van der Waals surface area contributed by atoms with E-state index in [2.05, 4.69) is 15.5 Å². The maximum absolute atomic E-state index is 12.6. The van der Waals surface area contributed by atoms with Crippen LogP contribution in [0.15, 0.2) is 78.9 Å². The van der Waals surface area contributed by atoms with Gasteiger partial charge in [0.05, 0.1) is 5.56 Å². The Hall–Kier alpha value is -3.80. The molecule has 164 valence electrons. The van der Waals surface area contributed by atoms with Crippen molar-refractivity contribution >= 4 is 28.9 Å². The van der Waals surface area contributed by atoms with E-state index in [0.717, 1.165) is 18.8 Å². The molecule has 1 aliphatic rings. The van der Waals surface area contributed by atoms with Gasteiger partial charge >= 0.3 is 0 Å². The molecule has 0 radical (unpaired) electrons. The predicted octanol–water partition coefficient (Wildman–Crippen LogP) is 4.95. The SMILES string of the molecule is O=C(COc1ccccc1C(=O)Nc1ccccc1)Nc1ccc(N2CCCCC2)cc1. The van der Waals surface area contributed by atoms with Gasteiger partial charge in [0.2, 0.25) is 0 Å². The molecule has 6 heteroatoms. The summed E-state index contributed by atoms with van der Waals surface area (Å²) in [6.45, 7) is 1.97. The maximum atomic E-state index is 12.6. The number of para-hydroxylation sites is 2. The first-order valence-corrected chi connectivity index (χ1v) is 10.9. The lowest BCUT2D eigenvalue weighted by atomic mass is 10.1. The molecular formula is C26H27N3O3. The van der Waals surface area contributed by atoms with Gasteiger partial charge < -0.3 is 20.3 Å². The van der Waals surface area contributed by atoms with E-state index in [1.807, 2.05) is 54.6 Å². The zero-order chi connectivity index (χ0) is 22.2. The Labute approximate surface area is 188 Å². The minimum absolute atomic E-state index is 0.191. The number of nitrogens with zero attached hydrogens (tertiary/aromatic N) is 1. The fourth-order valence-electron chi connectivity index (χ4n) is 3.75. The molecule has 3 aromatic rings. The lowest BCUT2D eigenvalue weighted by Crippen LogP contribution is -2.29. The van der Waals surface area contributed by atoms with Crippen molar-refractivity contribution in [2.45, 2.75) is 19.3 Å². The van der Waals surface area contributed by atoms with Gasteiger partial charge in [-0.05, 0) is 67.8 Å². The van der Waals surface area contributed by atoms with E-state index in [0.29, 0.717) is 17.0 Å². The van der Waals surface area contributed by atoms with Crippen molar-refractivity contribution in [1.29, 1.82) is 0 Å². The maximum Gasteiger partial charge on any atom is 0.262 e. The molecule has 4 rings (SSSR count). The number of benzene rings is 3. The van der Waals surface area contributed by atoms with Crippen LogP contribution in [0.3, 0.4) is 0 Å². The predicted molar refractivity (Wildman–Crippen MR) is 127 cm³/mol. The molecule has 2 N–H and O–H groups in total. The molecule has 2 amide bonds. The van der Waals surface area contributed by atoms with Crippen LogP contribution < -0.4 is 20.3 Å². The zero-order valence-electron chi connectivity index (χ0n) is 17.9. The van der Waals surface area contributed by atoms with Gasteiger partial charge in [0.25, 0.3) is 11.8 Å². The van der Waals surface area contributed by atoms with Crippen LogP contribution in [0.25, 0.3) is 0 Å². The molecule has 0 spiro atoms. The summed E-state index contributed by atoms with van der Waals surface area (Å²) >= 11 is 0. The van der Waals surface area contributed by atoms with Crippen molar-refractivity contribution in [2.75, 3.05) is 35.2 Å². The molecule has 6 nitrogen and oxygen atoms in total. The molecule has 0 atom stereocenters. The molecule has 0 aromatic heterocycles. The third-order valence-corrected chi connectivity index (χ3v) is 5.39. The van der Waals surface area contributed by atoms with E-state index in [1.165, 1.54) is 24.9 Å². The van der Waals surface area contributed by atoms with Crippen molar-refractivity contribution in [2.24, 2.45) is 0 Å². The summed E-state index contributed by atoms with van der Waals surface area (Å²) in [4.78, 5) is 27.4. The van der Waals surface area contributed by atoms with E-state index in [9.17, 15) is 9.59 Å². The van der Waals surface area contributed by atoms with Crippen LogP contribution in [0.4, 0.5) is 17.1 Å². The molecule has 1 saturated heterocycles. The number of ether oxygens (including phenoxy) is 1. The quantitative estimate of drug-likeness (QED) is 0.558. The second kappa shape index (κ2) is 10.5. The van der Waals surface area contributed by atoms with E-state index in [-0.39, 0.29) is 18.4 Å². The lowest BCUT2D eigenvalue weighted by molar-refractivity contribution is -0.118. The third kappa shape index (κ3) is 5.66. The summed E-state index contributed by atoms with van der Waals surface area (Å²) in [6.07, 6.45) is 3.74. The van der Waals surface area contributed by atoms with Gasteiger partial charge in [-0.3, -0.25) is 9.59 Å². The molecule has 0 unspecified atom stereocenters. The molecule has 3 aromatic carbocycles. The Bertz CT molecular complexity index is 1050. The normalized spacial score (nSPS) is 13.3. The average molecular weight is 430 g/mol. The average Bonchev–Trinajstić information content (AvgIpc) is 2.84. The summed E-state index contributed by atoms with van der Waals surface area (Å²) in [7, 11) is 0. The van der Waals surface area contributed by atoms with E-state index >= 15 is 0 Å². The summed E-state index contributed by atoms with van der Waals surface area (Å²) in [6, 6.07) is 24.0. The van der Waals surface area contributed by atoms with E-state index in [4.69, 9.17) is 4.74 Å². The molecule has 1 aliphatic heterocycles. The Kier molecular flexibility index (Phi) is 7.02. The highest BCUT2D eigenvalue weighted by molar-refractivity contribution is 6.06. The number of hydrogen-bond donors (Lipinski definition) is 2. The monoisotopic (exact) mass is 429 g/mol. The topological polar surface area (TPSA) is 70.7 Å². The molecule has 1 fully saturated rings. The van der Waals surface area contributed by atoms with Crippen molar-refractivity contribution in [3.05, 3.63) is 84.4 Å². The number of carbonyl (C=O) groups is 2. The van der Waals surface area contributed by atoms with E-state index < -0.39 is 0 Å². The highest BCUT2D eigenvalue weighted by Crippen LogP contribution is 2.22. The number of carbonyl (C=O) groups excluding carboxylic acids is 2. The van der Waals surface area contributed by atoms with Crippen LogP contribution in [0.5, 0.6) is 5.75 Å². The van der Waals surface area contributed by atoms with Crippen molar-refractivity contribution in [1.82, 2.24) is 0 Å². The fourth-order valence-corrected chi connectivity index (χ4v) is 3.75. The summed E-state index contributed by atoms with van der Waals surface area (Å²) in [5.74, 6) is -0.217. The number of piperidine rings is 1. The van der Waals surface area contributed by atoms with Gasteiger partial charge in [-0.1, -0.05) is 30.3 Å². The molecule has 0 bridgehead atoms. The van der Waals surface area contributed by atoms with Gasteiger partial charge in [-0.2, -0.15) is 0 Å². The van der Waals surface area contributed by atoms with Crippen LogP contribution in [-0.4, -0.2) is 31.5 Å². The summed E-state index contributed by atoms with van der Waals surface area (Å²) in [5, 5.41) is 5.68. The van der Waals surface area contributed by atoms with Crippen LogP contribution in [-0.2, 0) is 4.79 Å². The van der Waals surface area contributed by atoms with Gasteiger partial charge in [-0.25, -0.2) is 0 Å². The first-order chi connectivity index (χ1) is 15.7. The standard InChI is InChI=1S/C26H27N3O3/c30-25(27-21-13-15-22(16-14-21)29-17-7-2-8-18-29)19-32-24-12-6-5-11-23(24)26(31)28-20-9-3-1-4-10-20/h1,3-6,9-16H,2,7-8,17-19H2,(H,27,30)(H,28,31). The van der Waals surface area contributed by atoms with Gasteiger partial charge in [0.1, 0.15) is 5.75 Å². The fraction of sp³-hybridized carbons (Fsp3) is 0.231. The minimum Gasteiger partial charge on any atom is -0.483 e. The number of rotatable bonds is 7. The molecule has 0 saturated carbocycles. The van der Waals surface area contributed by atoms with Crippen molar-refractivity contribution in [3.8, 4) is 5.75 Å². The Morgan fingerprint density at radius 2 is 1.41 bits per heavy atom. The van der Waals surface area contributed by atoms with Crippen LogP contribution in [0.2, 0.25) is 0 Å². The number of anilines is 3. The first kappa shape index (κ1) is 21.4. The number of hydrogen-bond acceptors (Lipinski definition) is 4. The van der Waals surface area contributed by atoms with Gasteiger partial charge in [0.15, 0.2) is 6.61 Å². The van der Waals surface area contributed by atoms with Crippen LogP contribution in [0, 0.1) is 0 Å². The molecule has 1 heterocycles. The minimum atomic E-state index is -0.291. The summed E-state index contributed by atoms with van der Waals surface area (Å²) in [5.41, 5.74) is 2.96. The second-order valence-electron chi connectivity index (χ2n) is 7.75. The van der Waals surface area contributed by atoms with Gasteiger partial charge in [-0.15, -0.1) is 0 Å². The van der Waals surface area contributed by atoms with Crippen LogP contribution >= 0.6 is 0 Å². The van der Waals surface area contributed by atoms with Gasteiger partial charge in [0, 0.05) is 30.2 Å². The van der Waals surface area contributed by atoms with E-state index in [1.54, 1.807) is 24.3 Å². The van der Waals surface area contributed by atoms with Crippen LogP contribution in [0.1, 0.15) is 29.6 Å². The Morgan fingerprint density at radius 1 is 0.750 bits per heavy atom. The summed E-state index contributed by atoms with van der Waals surface area (Å²) < 4.78 is 5.67. The lowest BCUT2D eigenvalue weighted by Gasteiger charge is -2.28. The Morgan fingerprint density at radius 3 is 2.16 bits per heavy atom. The molecule has 0 aliphatic carbocycles. The van der Waals surface area contributed by atoms with Crippen molar-refractivity contribution in [3.63, 3.8) is 0 Å². The highest BCUT2D eigenvalue weighted by Gasteiger charge is 2.14. The van der Waals surface area contributed by atoms with Crippen molar-refractivity contribution < 1.29 is 14.3 Å². The third-order valence-electron chi connectivity index (χ3n) is 5.39. The number of amides is 2. The molecule has 32 heavy (non-hydrogen) atoms. The zero-order valence-corrected chi connectivity index (χ0v) is 17.9. The molecular weight excluding hydrogens is 402 g/mol. The second-order valence-corrected chi connectivity index (χ2v) is 7.75. The number of nitrogens with one attached hydrogen (secondary N) is 2. The highest BCUT2D eigenvalue weighted by atomic mass is 16.5. The smallest absolute Gasteiger partial charge is 0.262 e. The Balaban J connectivity index is 1.32.